The summed E-state index contributed by atoms with van der Waals surface area (Å²) < 4.78 is 0. The van der Waals surface area contributed by atoms with E-state index < -0.39 is 17.9 Å². The number of hydrogen-bond donors (Lipinski definition) is 3. The van der Waals surface area contributed by atoms with Gasteiger partial charge >= 0.3 is 5.97 Å². The van der Waals surface area contributed by atoms with Gasteiger partial charge in [-0.05, 0) is 51.2 Å². The van der Waals surface area contributed by atoms with Crippen molar-refractivity contribution in [2.24, 2.45) is 0 Å². The number of halogens is 1. The smallest absolute Gasteiger partial charge is 0.326 e. The zero-order valence-corrected chi connectivity index (χ0v) is 21.9. The third-order valence-corrected chi connectivity index (χ3v) is 6.91. The molecule has 5 nitrogen and oxygen atoms in total. The van der Waals surface area contributed by atoms with Crippen molar-refractivity contribution in [1.29, 1.82) is 0 Å². The summed E-state index contributed by atoms with van der Waals surface area (Å²) in [6.45, 7) is 0.486. The average molecular weight is 535 g/mol. The second kappa shape index (κ2) is 11.8. The largest absolute Gasteiger partial charge is 0.480 e. The van der Waals surface area contributed by atoms with Gasteiger partial charge in [0.1, 0.15) is 6.04 Å². The Morgan fingerprint density at radius 2 is 1.46 bits per heavy atom. The van der Waals surface area contributed by atoms with Gasteiger partial charge < -0.3 is 15.7 Å². The molecule has 194 valence electrons. The SMILES string of the molecule is O=C(N[C@H](Cc1ccc(-c2ccccc2)cc1)C(=O)O)c1cc(Cl)ccc1NCc1cccc2ccccc12. The Balaban J connectivity index is 1.31. The summed E-state index contributed by atoms with van der Waals surface area (Å²) in [5.74, 6) is -1.62. The van der Waals surface area contributed by atoms with Crippen LogP contribution in [0.5, 0.6) is 0 Å². The molecule has 6 heteroatoms. The maximum absolute atomic E-state index is 13.3. The molecule has 0 unspecified atom stereocenters. The zero-order valence-electron chi connectivity index (χ0n) is 21.1. The van der Waals surface area contributed by atoms with Crippen LogP contribution in [0.1, 0.15) is 21.5 Å². The molecule has 5 rings (SSSR count). The van der Waals surface area contributed by atoms with Crippen molar-refractivity contribution in [2.45, 2.75) is 19.0 Å². The van der Waals surface area contributed by atoms with Gasteiger partial charge in [-0.15, -0.1) is 0 Å². The number of carbonyl (C=O) groups is 2. The van der Waals surface area contributed by atoms with E-state index in [0.717, 1.165) is 33.0 Å². The second-order valence-electron chi connectivity index (χ2n) is 9.31. The molecule has 0 spiro atoms. The van der Waals surface area contributed by atoms with Crippen molar-refractivity contribution >= 4 is 39.9 Å². The van der Waals surface area contributed by atoms with Crippen LogP contribution in [-0.4, -0.2) is 23.0 Å². The quantitative estimate of drug-likeness (QED) is 0.187. The second-order valence-corrected chi connectivity index (χ2v) is 9.75. The van der Waals surface area contributed by atoms with Gasteiger partial charge in [-0.3, -0.25) is 4.79 Å². The van der Waals surface area contributed by atoms with Gasteiger partial charge in [-0.25, -0.2) is 4.79 Å². The molecule has 0 saturated heterocycles. The number of rotatable bonds is 9. The summed E-state index contributed by atoms with van der Waals surface area (Å²) in [5, 5.41) is 18.5. The van der Waals surface area contributed by atoms with Gasteiger partial charge in [0.2, 0.25) is 0 Å². The Hall–Kier alpha value is -4.61. The van der Waals surface area contributed by atoms with E-state index in [1.807, 2.05) is 78.9 Å². The van der Waals surface area contributed by atoms with Crippen molar-refractivity contribution in [1.82, 2.24) is 5.32 Å². The monoisotopic (exact) mass is 534 g/mol. The highest BCUT2D eigenvalue weighted by atomic mass is 35.5. The number of hydrogen-bond acceptors (Lipinski definition) is 3. The van der Waals surface area contributed by atoms with Crippen LogP contribution in [0.4, 0.5) is 5.69 Å². The first-order valence-corrected chi connectivity index (χ1v) is 13.0. The summed E-state index contributed by atoms with van der Waals surface area (Å²) in [6, 6.07) is 35.7. The molecule has 5 aromatic rings. The van der Waals surface area contributed by atoms with Crippen LogP contribution in [0, 0.1) is 0 Å². The predicted molar refractivity (Wildman–Crippen MR) is 157 cm³/mol. The summed E-state index contributed by atoms with van der Waals surface area (Å²) in [5.41, 5.74) is 4.86. The Labute approximate surface area is 232 Å². The highest BCUT2D eigenvalue weighted by Crippen LogP contribution is 2.25. The summed E-state index contributed by atoms with van der Waals surface area (Å²) in [4.78, 5) is 25.4. The van der Waals surface area contributed by atoms with Crippen LogP contribution >= 0.6 is 11.6 Å². The van der Waals surface area contributed by atoms with Gasteiger partial charge in [0.25, 0.3) is 5.91 Å². The lowest BCUT2D eigenvalue weighted by Gasteiger charge is -2.18. The Morgan fingerprint density at radius 3 is 2.23 bits per heavy atom. The molecule has 0 bridgehead atoms. The van der Waals surface area contributed by atoms with Crippen molar-refractivity contribution in [2.75, 3.05) is 5.32 Å². The summed E-state index contributed by atoms with van der Waals surface area (Å²) >= 11 is 6.23. The van der Waals surface area contributed by atoms with Crippen LogP contribution < -0.4 is 10.6 Å². The minimum absolute atomic E-state index is 0.148. The topological polar surface area (TPSA) is 78.4 Å². The van der Waals surface area contributed by atoms with E-state index in [1.165, 1.54) is 0 Å². The van der Waals surface area contributed by atoms with E-state index in [9.17, 15) is 14.7 Å². The molecular weight excluding hydrogens is 508 g/mol. The van der Waals surface area contributed by atoms with Crippen molar-refractivity contribution in [3.8, 4) is 11.1 Å². The number of nitrogens with one attached hydrogen (secondary N) is 2. The number of anilines is 1. The maximum atomic E-state index is 13.3. The van der Waals surface area contributed by atoms with Crippen LogP contribution in [0.3, 0.4) is 0 Å². The van der Waals surface area contributed by atoms with E-state index in [1.54, 1.807) is 18.2 Å². The number of carboxylic acids is 1. The van der Waals surface area contributed by atoms with Crippen LogP contribution in [0.2, 0.25) is 5.02 Å². The number of carbonyl (C=O) groups excluding carboxylic acids is 1. The molecule has 39 heavy (non-hydrogen) atoms. The highest BCUT2D eigenvalue weighted by Gasteiger charge is 2.23. The van der Waals surface area contributed by atoms with Gasteiger partial charge in [-0.2, -0.15) is 0 Å². The van der Waals surface area contributed by atoms with Crippen LogP contribution in [-0.2, 0) is 17.8 Å². The molecule has 0 heterocycles. The Kier molecular flexibility index (Phi) is 7.90. The normalized spacial score (nSPS) is 11.6. The highest BCUT2D eigenvalue weighted by molar-refractivity contribution is 6.31. The molecule has 0 saturated carbocycles. The lowest BCUT2D eigenvalue weighted by Crippen LogP contribution is -2.42. The fourth-order valence-electron chi connectivity index (χ4n) is 4.63. The van der Waals surface area contributed by atoms with Crippen LogP contribution in [0.25, 0.3) is 21.9 Å². The van der Waals surface area contributed by atoms with Crippen molar-refractivity contribution in [3.63, 3.8) is 0 Å². The van der Waals surface area contributed by atoms with E-state index in [4.69, 9.17) is 11.6 Å². The van der Waals surface area contributed by atoms with E-state index in [-0.39, 0.29) is 12.0 Å². The third-order valence-electron chi connectivity index (χ3n) is 6.68. The maximum Gasteiger partial charge on any atom is 0.326 e. The number of benzene rings is 5. The molecule has 5 aromatic carbocycles. The Bertz CT molecular complexity index is 1610. The Morgan fingerprint density at radius 1 is 0.769 bits per heavy atom. The fourth-order valence-corrected chi connectivity index (χ4v) is 4.80. The number of carboxylic acid groups (broad SMARTS) is 1. The van der Waals surface area contributed by atoms with Crippen LogP contribution in [0.15, 0.2) is 115 Å². The molecule has 0 aliphatic carbocycles. The first-order chi connectivity index (χ1) is 19.0. The molecule has 0 aromatic heterocycles. The molecule has 1 atom stereocenters. The first kappa shape index (κ1) is 26.0. The van der Waals surface area contributed by atoms with Gasteiger partial charge in [0.05, 0.1) is 5.56 Å². The lowest BCUT2D eigenvalue weighted by atomic mass is 10.0. The van der Waals surface area contributed by atoms with Crippen molar-refractivity contribution in [3.05, 3.63) is 137 Å². The van der Waals surface area contributed by atoms with Gasteiger partial charge in [0.15, 0.2) is 0 Å². The molecule has 3 N–H and O–H groups in total. The molecule has 0 aliphatic heterocycles. The van der Waals surface area contributed by atoms with E-state index in [0.29, 0.717) is 17.3 Å². The first-order valence-electron chi connectivity index (χ1n) is 12.7. The standard InChI is InChI=1S/C33H27ClN2O3/c34-27-17-18-30(35-21-26-11-6-10-25-9-4-5-12-28(25)26)29(20-27)32(37)36-31(33(38)39)19-22-13-15-24(16-14-22)23-7-2-1-3-8-23/h1-18,20,31,35H,19,21H2,(H,36,37)(H,38,39)/t31-/m1/s1. The van der Waals surface area contributed by atoms with Gasteiger partial charge in [0, 0.05) is 23.7 Å². The predicted octanol–water partition coefficient (Wildman–Crippen LogP) is 7.20. The van der Waals surface area contributed by atoms with E-state index >= 15 is 0 Å². The summed E-state index contributed by atoms with van der Waals surface area (Å²) in [7, 11) is 0. The minimum atomic E-state index is -1.11. The molecular formula is C33H27ClN2O3. The lowest BCUT2D eigenvalue weighted by molar-refractivity contribution is -0.139. The third kappa shape index (κ3) is 6.28. The molecule has 0 aliphatic rings. The number of aliphatic carboxylic acids is 1. The van der Waals surface area contributed by atoms with E-state index in [2.05, 4.69) is 28.8 Å². The zero-order chi connectivity index (χ0) is 27.2. The fraction of sp³-hybridized carbons (Fsp3) is 0.0909. The summed E-state index contributed by atoms with van der Waals surface area (Å²) in [6.07, 6.45) is 0.148. The number of fused-ring (bicyclic) bond motifs is 1. The molecule has 0 radical (unpaired) electrons. The van der Waals surface area contributed by atoms with Gasteiger partial charge in [-0.1, -0.05) is 109 Å². The molecule has 0 fully saturated rings. The average Bonchev–Trinajstić information content (AvgIpc) is 2.97. The number of amides is 1. The molecule has 1 amide bonds. The minimum Gasteiger partial charge on any atom is -0.480 e. The van der Waals surface area contributed by atoms with Crippen molar-refractivity contribution < 1.29 is 14.7 Å².